The van der Waals surface area contributed by atoms with Gasteiger partial charge in [-0.05, 0) is 6.08 Å². The molecule has 1 heterocycles. The molecule has 0 spiro atoms. The van der Waals surface area contributed by atoms with Crippen LogP contribution >= 0.6 is 15.9 Å². The molecule has 1 aliphatic carbocycles. The Morgan fingerprint density at radius 2 is 2.50 bits per heavy atom. The molecule has 0 saturated heterocycles. The number of halogens is 1. The number of oxime groups is 1. The van der Waals surface area contributed by atoms with Gasteiger partial charge in [0.25, 0.3) is 0 Å². The molecule has 0 aromatic heterocycles. The van der Waals surface area contributed by atoms with E-state index in [1.165, 1.54) is 0 Å². The molecule has 1 aliphatic heterocycles. The van der Waals surface area contributed by atoms with Gasteiger partial charge in [-0.2, -0.15) is 0 Å². The van der Waals surface area contributed by atoms with Crippen molar-refractivity contribution in [2.24, 2.45) is 11.1 Å². The molecule has 0 amide bonds. The van der Waals surface area contributed by atoms with Crippen molar-refractivity contribution in [1.29, 1.82) is 0 Å². The van der Waals surface area contributed by atoms with Gasteiger partial charge < -0.3 is 4.84 Å². The summed E-state index contributed by atoms with van der Waals surface area (Å²) in [6.45, 7) is 0. The van der Waals surface area contributed by atoms with Crippen LogP contribution in [0.2, 0.25) is 0 Å². The van der Waals surface area contributed by atoms with Gasteiger partial charge in [0, 0.05) is 4.48 Å². The number of hydrogen-bond donors (Lipinski definition) is 0. The second kappa shape index (κ2) is 2.23. The van der Waals surface area contributed by atoms with Crippen LogP contribution < -0.4 is 0 Å². The molecule has 2 aliphatic rings. The predicted octanol–water partition coefficient (Wildman–Crippen LogP) is 1.84. The highest BCUT2D eigenvalue weighted by atomic mass is 79.9. The number of fused-ring (bicyclic) bond motifs is 1. The first-order chi connectivity index (χ1) is 4.88. The Morgan fingerprint density at radius 1 is 1.60 bits per heavy atom. The van der Waals surface area contributed by atoms with Crippen molar-refractivity contribution in [3.05, 3.63) is 22.7 Å². The average molecular weight is 200 g/mol. The molecule has 2 nitrogen and oxygen atoms in total. The fourth-order valence-corrected chi connectivity index (χ4v) is 1.60. The lowest BCUT2D eigenvalue weighted by Gasteiger charge is -2.14. The zero-order valence-electron chi connectivity index (χ0n) is 5.20. The lowest BCUT2D eigenvalue weighted by atomic mass is 10.00. The van der Waals surface area contributed by atoms with E-state index in [1.807, 2.05) is 24.4 Å². The monoisotopic (exact) mass is 199 g/mol. The molecule has 2 unspecified atom stereocenters. The summed E-state index contributed by atoms with van der Waals surface area (Å²) < 4.78 is 1.14. The summed E-state index contributed by atoms with van der Waals surface area (Å²) in [6.07, 6.45) is 7.93. The average Bonchev–Trinajstić information content (AvgIpc) is 2.36. The Morgan fingerprint density at radius 3 is 3.30 bits per heavy atom. The fraction of sp³-hybridized carbons (Fsp3) is 0.286. The van der Waals surface area contributed by atoms with E-state index in [4.69, 9.17) is 4.84 Å². The molecule has 0 aromatic carbocycles. The summed E-state index contributed by atoms with van der Waals surface area (Å²) >= 11 is 3.43. The number of allylic oxidation sites excluding steroid dienone is 2. The van der Waals surface area contributed by atoms with Crippen LogP contribution in [-0.4, -0.2) is 12.3 Å². The molecule has 2 atom stereocenters. The van der Waals surface area contributed by atoms with Gasteiger partial charge in [-0.15, -0.1) is 0 Å². The summed E-state index contributed by atoms with van der Waals surface area (Å²) in [5.74, 6) is 0.310. The molecule has 0 fully saturated rings. The number of rotatable bonds is 0. The van der Waals surface area contributed by atoms with Crippen LogP contribution in [0.25, 0.3) is 0 Å². The maximum Gasteiger partial charge on any atom is 0.158 e. The summed E-state index contributed by atoms with van der Waals surface area (Å²) in [6, 6.07) is 0. The molecule has 0 aromatic rings. The van der Waals surface area contributed by atoms with E-state index in [9.17, 15) is 0 Å². The van der Waals surface area contributed by atoms with E-state index < -0.39 is 0 Å². The van der Waals surface area contributed by atoms with Crippen molar-refractivity contribution in [3.8, 4) is 0 Å². The van der Waals surface area contributed by atoms with E-state index in [0.29, 0.717) is 5.92 Å². The molecule has 2 rings (SSSR count). The quantitative estimate of drug-likeness (QED) is 0.584. The first kappa shape index (κ1) is 6.16. The largest absolute Gasteiger partial charge is 0.387 e. The van der Waals surface area contributed by atoms with Gasteiger partial charge in [0.05, 0.1) is 12.1 Å². The van der Waals surface area contributed by atoms with Gasteiger partial charge in [-0.25, -0.2) is 0 Å². The van der Waals surface area contributed by atoms with Crippen LogP contribution in [0.4, 0.5) is 0 Å². The van der Waals surface area contributed by atoms with Crippen LogP contribution in [0.1, 0.15) is 0 Å². The number of nitrogens with zero attached hydrogens (tertiary/aromatic N) is 1. The van der Waals surface area contributed by atoms with Crippen LogP contribution in [0.15, 0.2) is 27.9 Å². The zero-order valence-corrected chi connectivity index (χ0v) is 6.78. The Kier molecular flexibility index (Phi) is 1.38. The van der Waals surface area contributed by atoms with Crippen molar-refractivity contribution in [1.82, 2.24) is 0 Å². The molecule has 0 N–H and O–H groups in total. The van der Waals surface area contributed by atoms with Crippen LogP contribution in [0.5, 0.6) is 0 Å². The minimum atomic E-state index is 0.124. The molecule has 0 saturated carbocycles. The molecule has 3 heteroatoms. The molecule has 0 radical (unpaired) electrons. The third-order valence-electron chi connectivity index (χ3n) is 1.63. The fourth-order valence-electron chi connectivity index (χ4n) is 1.07. The van der Waals surface area contributed by atoms with Gasteiger partial charge in [-0.1, -0.05) is 33.2 Å². The van der Waals surface area contributed by atoms with Gasteiger partial charge in [0.15, 0.2) is 6.10 Å². The van der Waals surface area contributed by atoms with E-state index in [-0.39, 0.29) is 6.10 Å². The summed E-state index contributed by atoms with van der Waals surface area (Å²) in [5.41, 5.74) is 0. The summed E-state index contributed by atoms with van der Waals surface area (Å²) in [4.78, 5) is 5.04. The Bertz CT molecular complexity index is 232. The molecular weight excluding hydrogens is 194 g/mol. The summed E-state index contributed by atoms with van der Waals surface area (Å²) in [5, 5.41) is 3.73. The maximum atomic E-state index is 5.04. The second-order valence-corrected chi connectivity index (χ2v) is 3.20. The zero-order chi connectivity index (χ0) is 6.97. The lowest BCUT2D eigenvalue weighted by molar-refractivity contribution is 0.105. The highest BCUT2D eigenvalue weighted by molar-refractivity contribution is 9.11. The summed E-state index contributed by atoms with van der Waals surface area (Å²) in [7, 11) is 0. The molecule has 0 bridgehead atoms. The molecule has 52 valence electrons. The Labute approximate surface area is 67.4 Å². The molecule has 10 heavy (non-hydrogen) atoms. The van der Waals surface area contributed by atoms with Crippen LogP contribution in [0.3, 0.4) is 0 Å². The molecular formula is C7H6BrNO. The first-order valence-corrected chi connectivity index (χ1v) is 3.90. The second-order valence-electron chi connectivity index (χ2n) is 2.29. The van der Waals surface area contributed by atoms with Crippen molar-refractivity contribution in [2.75, 3.05) is 0 Å². The highest BCUT2D eigenvalue weighted by Crippen LogP contribution is 2.29. The van der Waals surface area contributed by atoms with Gasteiger partial charge in [0.2, 0.25) is 0 Å². The van der Waals surface area contributed by atoms with Gasteiger partial charge in [0.1, 0.15) is 0 Å². The van der Waals surface area contributed by atoms with Gasteiger partial charge in [-0.3, -0.25) is 0 Å². The SMILES string of the molecule is BrC1=CC=CC2ON=CC12. The third kappa shape index (κ3) is 0.814. The minimum absolute atomic E-state index is 0.124. The maximum absolute atomic E-state index is 5.04. The van der Waals surface area contributed by atoms with Crippen LogP contribution in [-0.2, 0) is 4.84 Å². The van der Waals surface area contributed by atoms with Crippen molar-refractivity contribution in [3.63, 3.8) is 0 Å². The standard InChI is InChI=1S/C7H6BrNO/c8-6-2-1-3-7-5(6)4-9-10-7/h1-5,7H. The van der Waals surface area contributed by atoms with Crippen molar-refractivity contribution in [2.45, 2.75) is 6.10 Å². The predicted molar refractivity (Wildman–Crippen MR) is 43.0 cm³/mol. The Balaban J connectivity index is 2.30. The van der Waals surface area contributed by atoms with E-state index in [2.05, 4.69) is 21.1 Å². The Hall–Kier alpha value is -0.570. The van der Waals surface area contributed by atoms with E-state index in [0.717, 1.165) is 4.48 Å². The van der Waals surface area contributed by atoms with E-state index in [1.54, 1.807) is 0 Å². The minimum Gasteiger partial charge on any atom is -0.387 e. The van der Waals surface area contributed by atoms with Crippen LogP contribution in [0, 0.1) is 5.92 Å². The topological polar surface area (TPSA) is 21.6 Å². The highest BCUT2D eigenvalue weighted by Gasteiger charge is 2.27. The normalized spacial score (nSPS) is 35.1. The van der Waals surface area contributed by atoms with Crippen molar-refractivity contribution < 1.29 is 4.84 Å². The first-order valence-electron chi connectivity index (χ1n) is 3.11. The smallest absolute Gasteiger partial charge is 0.158 e. The third-order valence-corrected chi connectivity index (χ3v) is 2.43. The van der Waals surface area contributed by atoms with Crippen molar-refractivity contribution >= 4 is 22.1 Å². The number of hydrogen-bond acceptors (Lipinski definition) is 2. The van der Waals surface area contributed by atoms with Gasteiger partial charge >= 0.3 is 0 Å². The van der Waals surface area contributed by atoms with E-state index >= 15 is 0 Å². The lowest BCUT2D eigenvalue weighted by Crippen LogP contribution is -2.17.